The van der Waals surface area contributed by atoms with E-state index in [1.54, 1.807) is 0 Å². The van der Waals surface area contributed by atoms with E-state index in [2.05, 4.69) is 21.8 Å². The van der Waals surface area contributed by atoms with Gasteiger partial charge in [0.05, 0.1) is 6.61 Å². The zero-order chi connectivity index (χ0) is 18.2. The minimum atomic E-state index is -0.0826. The molecule has 6 heteroatoms. The van der Waals surface area contributed by atoms with Gasteiger partial charge in [0.15, 0.2) is 6.23 Å². The molecule has 2 heterocycles. The fraction of sp³-hybridized carbons (Fsp3) is 0.619. The maximum absolute atomic E-state index is 12.6. The zero-order valence-electron chi connectivity index (χ0n) is 15.8. The Bertz CT molecular complexity index is 744. The molecule has 0 radical (unpaired) electrons. The lowest BCUT2D eigenvalue weighted by atomic mass is 9.99. The number of aryl methyl sites for hydroxylation is 2. The van der Waals surface area contributed by atoms with Gasteiger partial charge in [-0.2, -0.15) is 5.10 Å². The first-order valence-electron chi connectivity index (χ1n) is 10.4. The van der Waals surface area contributed by atoms with Gasteiger partial charge in [0.2, 0.25) is 0 Å². The van der Waals surface area contributed by atoms with E-state index in [1.807, 2.05) is 11.2 Å². The number of urea groups is 1. The fourth-order valence-corrected chi connectivity index (χ4v) is 5.05. The van der Waals surface area contributed by atoms with Crippen LogP contribution in [0.2, 0.25) is 0 Å². The summed E-state index contributed by atoms with van der Waals surface area (Å²) < 4.78 is 5.84. The molecule has 2 unspecified atom stereocenters. The van der Waals surface area contributed by atoms with Gasteiger partial charge in [0.1, 0.15) is 0 Å². The smallest absolute Gasteiger partial charge is 0.319 e. The van der Waals surface area contributed by atoms with Crippen molar-refractivity contribution in [3.63, 3.8) is 0 Å². The van der Waals surface area contributed by atoms with E-state index in [9.17, 15) is 4.79 Å². The number of fused-ring (bicyclic) bond motifs is 3. The van der Waals surface area contributed by atoms with Crippen molar-refractivity contribution in [1.29, 1.82) is 0 Å². The van der Waals surface area contributed by atoms with Crippen molar-refractivity contribution in [3.05, 3.63) is 28.3 Å². The molecular weight excluding hydrogens is 340 g/mol. The van der Waals surface area contributed by atoms with Gasteiger partial charge in [-0.05, 0) is 73.6 Å². The number of benzene rings is 1. The van der Waals surface area contributed by atoms with E-state index >= 15 is 0 Å². The molecule has 144 valence electrons. The van der Waals surface area contributed by atoms with Gasteiger partial charge in [-0.1, -0.05) is 6.07 Å². The Hall–Kier alpha value is -2.08. The number of carbonyl (C=O) groups is 1. The molecule has 2 amide bonds. The highest BCUT2D eigenvalue weighted by molar-refractivity contribution is 5.92. The highest BCUT2D eigenvalue weighted by Gasteiger charge is 2.33. The van der Waals surface area contributed by atoms with Crippen LogP contribution in [-0.2, 0) is 30.4 Å². The number of hydrogen-bond donors (Lipinski definition) is 2. The Labute approximate surface area is 160 Å². The Balaban J connectivity index is 1.19. The van der Waals surface area contributed by atoms with Gasteiger partial charge in [0, 0.05) is 30.9 Å². The molecule has 1 saturated heterocycles. The number of hydrogen-bond acceptors (Lipinski definition) is 4. The number of ether oxygens (including phenoxy) is 1. The van der Waals surface area contributed by atoms with Crippen LogP contribution in [0.25, 0.3) is 0 Å². The second-order valence-electron chi connectivity index (χ2n) is 8.11. The first-order valence-corrected chi connectivity index (χ1v) is 10.4. The first-order chi connectivity index (χ1) is 13.3. The molecule has 0 saturated carbocycles. The predicted octanol–water partition coefficient (Wildman–Crippen LogP) is 2.84. The number of nitrogens with zero attached hydrogens (tertiary/aromatic N) is 2. The normalized spacial score (nSPS) is 25.3. The van der Waals surface area contributed by atoms with Gasteiger partial charge in [-0.15, -0.1) is 0 Å². The summed E-state index contributed by atoms with van der Waals surface area (Å²) in [7, 11) is 0. The SMILES string of the molecule is O=C(NCCC1C=NN2CCCOC12)Nc1c2c(cc3c1CCC3)CCC2. The molecule has 27 heavy (non-hydrogen) atoms. The predicted molar refractivity (Wildman–Crippen MR) is 105 cm³/mol. The molecule has 1 fully saturated rings. The van der Waals surface area contributed by atoms with Crippen LogP contribution in [0, 0.1) is 5.92 Å². The molecule has 0 bridgehead atoms. The molecule has 5 rings (SSSR count). The van der Waals surface area contributed by atoms with Crippen molar-refractivity contribution in [2.45, 2.75) is 57.6 Å². The first kappa shape index (κ1) is 17.0. The highest BCUT2D eigenvalue weighted by atomic mass is 16.5. The second-order valence-corrected chi connectivity index (χ2v) is 8.11. The monoisotopic (exact) mass is 368 g/mol. The Morgan fingerprint density at radius 3 is 2.70 bits per heavy atom. The fourth-order valence-electron chi connectivity index (χ4n) is 5.05. The standard InChI is InChI=1S/C21H28N4O2/c26-21(22-9-8-16-13-23-25-10-3-11-27-20(16)25)24-19-17-6-1-4-14(17)12-15-5-2-7-18(15)19/h12-13,16,20H,1-11H2,(H2,22,24,26). The van der Waals surface area contributed by atoms with Crippen LogP contribution in [0.15, 0.2) is 11.2 Å². The molecule has 2 atom stereocenters. The van der Waals surface area contributed by atoms with Gasteiger partial charge in [0.25, 0.3) is 0 Å². The number of nitrogens with one attached hydrogen (secondary N) is 2. The Kier molecular flexibility index (Phi) is 4.52. The lowest BCUT2D eigenvalue weighted by Crippen LogP contribution is -2.41. The van der Waals surface area contributed by atoms with Crippen molar-refractivity contribution < 1.29 is 9.53 Å². The molecule has 6 nitrogen and oxygen atoms in total. The summed E-state index contributed by atoms with van der Waals surface area (Å²) in [5.74, 6) is 0.260. The molecule has 2 N–H and O–H groups in total. The summed E-state index contributed by atoms with van der Waals surface area (Å²) in [6.07, 6.45) is 10.8. The zero-order valence-corrected chi connectivity index (χ0v) is 15.8. The molecule has 1 aromatic rings. The van der Waals surface area contributed by atoms with Crippen LogP contribution < -0.4 is 10.6 Å². The van der Waals surface area contributed by atoms with E-state index in [4.69, 9.17) is 4.74 Å². The van der Waals surface area contributed by atoms with E-state index in [0.717, 1.165) is 57.4 Å². The summed E-state index contributed by atoms with van der Waals surface area (Å²) >= 11 is 0. The largest absolute Gasteiger partial charge is 0.356 e. The average Bonchev–Trinajstić information content (AvgIpc) is 3.41. The molecule has 0 aromatic heterocycles. The minimum Gasteiger partial charge on any atom is -0.356 e. The summed E-state index contributed by atoms with van der Waals surface area (Å²) in [6.45, 7) is 2.41. The number of carbonyl (C=O) groups excluding carboxylic acids is 1. The highest BCUT2D eigenvalue weighted by Crippen LogP contribution is 2.38. The lowest BCUT2D eigenvalue weighted by molar-refractivity contribution is -0.100. The molecule has 1 aromatic carbocycles. The van der Waals surface area contributed by atoms with E-state index in [0.29, 0.717) is 6.54 Å². The van der Waals surface area contributed by atoms with Crippen LogP contribution in [-0.4, -0.2) is 43.2 Å². The Morgan fingerprint density at radius 1 is 1.15 bits per heavy atom. The third-order valence-corrected chi connectivity index (χ3v) is 6.36. The number of hydrazone groups is 1. The van der Waals surface area contributed by atoms with Gasteiger partial charge >= 0.3 is 6.03 Å². The molecule has 0 spiro atoms. The second kappa shape index (κ2) is 7.15. The van der Waals surface area contributed by atoms with Gasteiger partial charge < -0.3 is 15.4 Å². The molecule has 4 aliphatic rings. The number of amides is 2. The number of rotatable bonds is 4. The summed E-state index contributed by atoms with van der Waals surface area (Å²) in [5, 5.41) is 12.7. The molecule has 2 aliphatic heterocycles. The van der Waals surface area contributed by atoms with Crippen molar-refractivity contribution in [3.8, 4) is 0 Å². The maximum atomic E-state index is 12.6. The lowest BCUT2D eigenvalue weighted by Gasteiger charge is -2.31. The van der Waals surface area contributed by atoms with Gasteiger partial charge in [-0.3, -0.25) is 5.01 Å². The van der Waals surface area contributed by atoms with Crippen molar-refractivity contribution in [2.75, 3.05) is 25.0 Å². The summed E-state index contributed by atoms with van der Waals surface area (Å²) in [6, 6.07) is 2.31. The number of anilines is 1. The van der Waals surface area contributed by atoms with Crippen LogP contribution in [0.4, 0.5) is 10.5 Å². The van der Waals surface area contributed by atoms with Crippen molar-refractivity contribution >= 4 is 17.9 Å². The minimum absolute atomic E-state index is 0.0595. The van der Waals surface area contributed by atoms with E-state index in [1.165, 1.54) is 35.1 Å². The quantitative estimate of drug-likeness (QED) is 0.859. The van der Waals surface area contributed by atoms with Crippen LogP contribution >= 0.6 is 0 Å². The van der Waals surface area contributed by atoms with Crippen LogP contribution in [0.3, 0.4) is 0 Å². The van der Waals surface area contributed by atoms with Crippen molar-refractivity contribution in [2.24, 2.45) is 11.0 Å². The maximum Gasteiger partial charge on any atom is 0.319 e. The summed E-state index contributed by atoms with van der Waals surface area (Å²) in [5.41, 5.74) is 6.75. The van der Waals surface area contributed by atoms with Crippen LogP contribution in [0.5, 0.6) is 0 Å². The topological polar surface area (TPSA) is 66.0 Å². The average molecular weight is 368 g/mol. The molecular formula is C21H28N4O2. The summed E-state index contributed by atoms with van der Waals surface area (Å²) in [4.78, 5) is 12.6. The Morgan fingerprint density at radius 2 is 1.93 bits per heavy atom. The van der Waals surface area contributed by atoms with Crippen molar-refractivity contribution in [1.82, 2.24) is 10.3 Å². The van der Waals surface area contributed by atoms with E-state index < -0.39 is 0 Å². The third kappa shape index (κ3) is 3.20. The van der Waals surface area contributed by atoms with Gasteiger partial charge in [-0.25, -0.2) is 4.79 Å². The molecule has 2 aliphatic carbocycles. The van der Waals surface area contributed by atoms with E-state index in [-0.39, 0.29) is 18.2 Å². The third-order valence-electron chi connectivity index (χ3n) is 6.36. The van der Waals surface area contributed by atoms with Crippen LogP contribution in [0.1, 0.15) is 47.9 Å².